The number of ether oxygens (including phenoxy) is 1. The van der Waals surface area contributed by atoms with Crippen LogP contribution in [-0.4, -0.2) is 31.3 Å². The van der Waals surface area contributed by atoms with Crippen LogP contribution < -0.4 is 0 Å². The van der Waals surface area contributed by atoms with Crippen LogP contribution in [0.1, 0.15) is 62.9 Å². The van der Waals surface area contributed by atoms with Crippen LogP contribution in [0.3, 0.4) is 0 Å². The number of nitro benzene ring substituents is 1. The smallest absolute Gasteiger partial charge is 0.331 e. The van der Waals surface area contributed by atoms with E-state index in [9.17, 15) is 14.9 Å². The number of non-ortho nitro benzene ring substituents is 1. The molecule has 1 atom stereocenters. The molecule has 1 unspecified atom stereocenters. The van der Waals surface area contributed by atoms with Crippen molar-refractivity contribution in [3.63, 3.8) is 0 Å². The minimum absolute atomic E-state index is 0.0159. The molecule has 0 radical (unpaired) electrons. The first-order chi connectivity index (χ1) is 13.6. The highest BCUT2D eigenvalue weighted by Gasteiger charge is 2.33. The van der Waals surface area contributed by atoms with Crippen LogP contribution >= 0.6 is 0 Å². The summed E-state index contributed by atoms with van der Waals surface area (Å²) in [4.78, 5) is 23.1. The lowest BCUT2D eigenvalue weighted by atomic mass is 9.72. The lowest BCUT2D eigenvalue weighted by Crippen LogP contribution is -2.24. The molecule has 1 saturated carbocycles. The van der Waals surface area contributed by atoms with Gasteiger partial charge in [0.2, 0.25) is 0 Å². The maximum atomic E-state index is 12.0. The van der Waals surface area contributed by atoms with Crippen molar-refractivity contribution in [3.05, 3.63) is 57.7 Å². The van der Waals surface area contributed by atoms with E-state index < -0.39 is 16.5 Å². The van der Waals surface area contributed by atoms with Crippen molar-refractivity contribution in [2.75, 3.05) is 0 Å². The molecule has 0 amide bonds. The molecule has 3 rings (SSSR count). The van der Waals surface area contributed by atoms with E-state index in [1.54, 1.807) is 39.2 Å². The third kappa shape index (κ3) is 5.07. The Morgan fingerprint density at radius 2 is 2.07 bits per heavy atom. The van der Waals surface area contributed by atoms with E-state index in [-0.39, 0.29) is 11.6 Å². The first-order valence-corrected chi connectivity index (χ1v) is 9.68. The van der Waals surface area contributed by atoms with Gasteiger partial charge in [0, 0.05) is 31.2 Å². The highest BCUT2D eigenvalue weighted by Crippen LogP contribution is 2.43. The summed E-state index contributed by atoms with van der Waals surface area (Å²) in [5.74, 6) is 0.582. The molecule has 1 aliphatic carbocycles. The summed E-state index contributed by atoms with van der Waals surface area (Å²) in [6.45, 7) is 5.36. The average Bonchev–Trinajstić information content (AvgIpc) is 3.00. The Morgan fingerprint density at radius 1 is 1.34 bits per heavy atom. The molecule has 29 heavy (non-hydrogen) atoms. The molecular weight excluding hydrogens is 372 g/mol. The van der Waals surface area contributed by atoms with E-state index in [2.05, 4.69) is 10.2 Å². The topological polar surface area (TPSA) is 100 Å². The fourth-order valence-electron chi connectivity index (χ4n) is 3.52. The van der Waals surface area contributed by atoms with Gasteiger partial charge < -0.3 is 9.30 Å². The zero-order valence-corrected chi connectivity index (χ0v) is 17.2. The zero-order chi connectivity index (χ0) is 21.2. The van der Waals surface area contributed by atoms with E-state index >= 15 is 0 Å². The number of hydrogen-bond acceptors (Lipinski definition) is 6. The van der Waals surface area contributed by atoms with Gasteiger partial charge in [0.25, 0.3) is 5.69 Å². The van der Waals surface area contributed by atoms with Crippen LogP contribution in [0.2, 0.25) is 0 Å². The number of benzene rings is 1. The number of rotatable bonds is 6. The highest BCUT2D eigenvalue weighted by molar-refractivity contribution is 5.87. The predicted molar refractivity (Wildman–Crippen MR) is 108 cm³/mol. The summed E-state index contributed by atoms with van der Waals surface area (Å²) < 4.78 is 7.13. The van der Waals surface area contributed by atoms with Crippen molar-refractivity contribution in [1.82, 2.24) is 14.8 Å². The maximum absolute atomic E-state index is 12.0. The molecule has 0 spiro atoms. The van der Waals surface area contributed by atoms with Crippen molar-refractivity contribution in [2.24, 2.45) is 13.0 Å². The zero-order valence-electron chi connectivity index (χ0n) is 17.2. The number of esters is 1. The van der Waals surface area contributed by atoms with Crippen LogP contribution in [0.5, 0.6) is 0 Å². The van der Waals surface area contributed by atoms with Gasteiger partial charge in [-0.25, -0.2) is 4.79 Å². The van der Waals surface area contributed by atoms with Crippen molar-refractivity contribution in [3.8, 4) is 0 Å². The largest absolute Gasteiger partial charge is 0.457 e. The van der Waals surface area contributed by atoms with Gasteiger partial charge in [0.1, 0.15) is 17.8 Å². The minimum atomic E-state index is -0.601. The molecule has 2 aromatic rings. The molecule has 0 saturated heterocycles. The van der Waals surface area contributed by atoms with Crippen LogP contribution in [-0.2, 0) is 16.6 Å². The van der Waals surface area contributed by atoms with Crippen molar-refractivity contribution in [1.29, 1.82) is 0 Å². The summed E-state index contributed by atoms with van der Waals surface area (Å²) in [6, 6.07) is 4.94. The lowest BCUT2D eigenvalue weighted by Gasteiger charge is -2.33. The number of aromatic nitrogens is 3. The van der Waals surface area contributed by atoms with Gasteiger partial charge >= 0.3 is 5.97 Å². The molecule has 1 aromatic heterocycles. The first-order valence-electron chi connectivity index (χ1n) is 9.68. The Bertz CT molecular complexity index is 938. The second-order valence-electron chi connectivity index (χ2n) is 8.45. The Labute approximate surface area is 169 Å². The van der Waals surface area contributed by atoms with Gasteiger partial charge in [-0.3, -0.25) is 10.1 Å². The molecule has 8 heteroatoms. The standard InChI is InChI=1S/C21H26N4O4/c1-21(2,3)29-18(26)9-8-14-10-16(12-17(11-14)25(27)28)19(15-6-5-7-15)20-23-22-13-24(20)4/h8-13,15,19H,5-7H2,1-4H3/b9-8+. The SMILES string of the molecule is Cn1cnnc1C(c1cc(/C=C/C(=O)OC(C)(C)C)cc([N+](=O)[O-])c1)C1CCC1. The van der Waals surface area contributed by atoms with Crippen LogP contribution in [0, 0.1) is 16.0 Å². The third-order valence-corrected chi connectivity index (χ3v) is 5.00. The fourth-order valence-corrected chi connectivity index (χ4v) is 3.52. The summed E-state index contributed by atoms with van der Waals surface area (Å²) in [7, 11) is 1.88. The van der Waals surface area contributed by atoms with Gasteiger partial charge in [-0.1, -0.05) is 12.5 Å². The van der Waals surface area contributed by atoms with E-state index in [1.165, 1.54) is 12.1 Å². The molecule has 154 valence electrons. The number of carbonyl (C=O) groups is 1. The molecule has 8 nitrogen and oxygen atoms in total. The molecule has 1 aliphatic rings. The molecule has 1 aromatic carbocycles. The summed E-state index contributed by atoms with van der Waals surface area (Å²) in [6.07, 6.45) is 7.72. The van der Waals surface area contributed by atoms with Gasteiger partial charge in [0.05, 0.1) is 4.92 Å². The van der Waals surface area contributed by atoms with Crippen LogP contribution in [0.25, 0.3) is 6.08 Å². The van der Waals surface area contributed by atoms with Crippen LogP contribution in [0.15, 0.2) is 30.6 Å². The fraction of sp³-hybridized carbons (Fsp3) is 0.476. The van der Waals surface area contributed by atoms with Gasteiger partial charge in [0.15, 0.2) is 0 Å². The van der Waals surface area contributed by atoms with Gasteiger partial charge in [-0.15, -0.1) is 10.2 Å². The van der Waals surface area contributed by atoms with Crippen molar-refractivity contribution in [2.45, 2.75) is 51.6 Å². The van der Waals surface area contributed by atoms with E-state index in [4.69, 9.17) is 4.74 Å². The molecular formula is C21H26N4O4. The highest BCUT2D eigenvalue weighted by atomic mass is 16.6. The average molecular weight is 398 g/mol. The number of nitrogens with zero attached hydrogens (tertiary/aromatic N) is 4. The van der Waals surface area contributed by atoms with Crippen LogP contribution in [0.4, 0.5) is 5.69 Å². The van der Waals surface area contributed by atoms with Crippen molar-refractivity contribution >= 4 is 17.7 Å². The molecule has 0 aliphatic heterocycles. The summed E-state index contributed by atoms with van der Waals surface area (Å²) in [5.41, 5.74) is 0.767. The monoisotopic (exact) mass is 398 g/mol. The Balaban J connectivity index is 1.98. The van der Waals surface area contributed by atoms with Gasteiger partial charge in [-0.05, 0) is 56.7 Å². The molecule has 0 bridgehead atoms. The molecule has 1 fully saturated rings. The third-order valence-electron chi connectivity index (χ3n) is 5.00. The van der Waals surface area contributed by atoms with E-state index in [0.717, 1.165) is 30.7 Å². The predicted octanol–water partition coefficient (Wildman–Crippen LogP) is 4.01. The van der Waals surface area contributed by atoms with Crippen molar-refractivity contribution < 1.29 is 14.5 Å². The van der Waals surface area contributed by atoms with E-state index in [1.807, 2.05) is 17.7 Å². The second-order valence-corrected chi connectivity index (χ2v) is 8.45. The molecule has 1 heterocycles. The van der Waals surface area contributed by atoms with E-state index in [0.29, 0.717) is 11.5 Å². The number of hydrogen-bond donors (Lipinski definition) is 0. The number of nitro groups is 1. The number of aryl methyl sites for hydroxylation is 1. The Morgan fingerprint density at radius 3 is 2.59 bits per heavy atom. The second kappa shape index (κ2) is 8.14. The number of carbonyl (C=O) groups excluding carboxylic acids is 1. The molecule has 0 N–H and O–H groups in total. The summed E-state index contributed by atoms with van der Waals surface area (Å²) >= 11 is 0. The first kappa shape index (κ1) is 20.7. The Kier molecular flexibility index (Phi) is 5.81. The Hall–Kier alpha value is -3.03. The summed E-state index contributed by atoms with van der Waals surface area (Å²) in [5, 5.41) is 19.8. The normalized spacial score (nSPS) is 15.9. The lowest BCUT2D eigenvalue weighted by molar-refractivity contribution is -0.384. The quantitative estimate of drug-likeness (QED) is 0.315. The van der Waals surface area contributed by atoms with Gasteiger partial charge in [-0.2, -0.15) is 0 Å². The minimum Gasteiger partial charge on any atom is -0.457 e. The maximum Gasteiger partial charge on any atom is 0.331 e.